The molecule has 5 heteroatoms. The van der Waals surface area contributed by atoms with Gasteiger partial charge < -0.3 is 14.2 Å². The minimum atomic E-state index is -0.748. The second-order valence-electron chi connectivity index (χ2n) is 5.12. The van der Waals surface area contributed by atoms with Crippen molar-refractivity contribution in [2.24, 2.45) is 5.41 Å². The van der Waals surface area contributed by atoms with E-state index in [0.29, 0.717) is 26.1 Å². The lowest BCUT2D eigenvalue weighted by Crippen LogP contribution is -2.38. The van der Waals surface area contributed by atoms with Gasteiger partial charge in [-0.15, -0.1) is 0 Å². The molecule has 2 unspecified atom stereocenters. The van der Waals surface area contributed by atoms with Gasteiger partial charge >= 0.3 is 11.9 Å². The van der Waals surface area contributed by atoms with E-state index in [4.69, 9.17) is 14.2 Å². The van der Waals surface area contributed by atoms with Crippen molar-refractivity contribution >= 4 is 11.9 Å². The summed E-state index contributed by atoms with van der Waals surface area (Å²) >= 11 is 0. The van der Waals surface area contributed by atoms with Crippen LogP contribution < -0.4 is 0 Å². The third-order valence-electron chi connectivity index (χ3n) is 3.14. The van der Waals surface area contributed by atoms with Crippen molar-refractivity contribution in [1.82, 2.24) is 0 Å². The van der Waals surface area contributed by atoms with Crippen LogP contribution in [0.2, 0.25) is 0 Å². The van der Waals surface area contributed by atoms with Crippen LogP contribution in [0, 0.1) is 5.41 Å². The molecule has 0 aromatic heterocycles. The monoisotopic (exact) mass is 258 g/mol. The van der Waals surface area contributed by atoms with E-state index in [1.807, 2.05) is 20.8 Å². The van der Waals surface area contributed by atoms with Gasteiger partial charge in [-0.05, 0) is 27.2 Å². The van der Waals surface area contributed by atoms with E-state index >= 15 is 0 Å². The maximum absolute atomic E-state index is 12.1. The maximum Gasteiger partial charge on any atom is 0.347 e. The molecule has 1 rings (SSSR count). The van der Waals surface area contributed by atoms with Gasteiger partial charge in [-0.2, -0.15) is 0 Å². The van der Waals surface area contributed by atoms with Gasteiger partial charge in [0.1, 0.15) is 0 Å². The van der Waals surface area contributed by atoms with Crippen LogP contribution in [0.25, 0.3) is 0 Å². The molecular weight excluding hydrogens is 236 g/mol. The Morgan fingerprint density at radius 1 is 1.56 bits per heavy atom. The Balaban J connectivity index is 2.57. The zero-order valence-electron chi connectivity index (χ0n) is 11.5. The van der Waals surface area contributed by atoms with Crippen molar-refractivity contribution in [3.63, 3.8) is 0 Å². The van der Waals surface area contributed by atoms with E-state index in [-0.39, 0.29) is 6.10 Å². The highest BCUT2D eigenvalue weighted by Gasteiger charge is 2.38. The van der Waals surface area contributed by atoms with E-state index in [0.717, 1.165) is 0 Å². The standard InChI is InChI=1S/C13H22O5/c1-5-13(4,8-17-9(2)3)12(15)18-10-6-7-16-11(10)14/h9-10H,5-8H2,1-4H3. The first-order chi connectivity index (χ1) is 8.39. The van der Waals surface area contributed by atoms with Crippen LogP contribution >= 0.6 is 0 Å². The van der Waals surface area contributed by atoms with E-state index in [2.05, 4.69) is 0 Å². The Morgan fingerprint density at radius 3 is 2.67 bits per heavy atom. The van der Waals surface area contributed by atoms with Gasteiger partial charge in [-0.25, -0.2) is 4.79 Å². The van der Waals surface area contributed by atoms with E-state index < -0.39 is 23.5 Å². The van der Waals surface area contributed by atoms with Crippen LogP contribution in [0.15, 0.2) is 0 Å². The first-order valence-corrected chi connectivity index (χ1v) is 6.38. The molecule has 5 nitrogen and oxygen atoms in total. The van der Waals surface area contributed by atoms with Crippen LogP contribution in [-0.2, 0) is 23.8 Å². The summed E-state index contributed by atoms with van der Waals surface area (Å²) in [7, 11) is 0. The van der Waals surface area contributed by atoms with Gasteiger partial charge in [0.25, 0.3) is 0 Å². The molecule has 0 aromatic rings. The van der Waals surface area contributed by atoms with Crippen molar-refractivity contribution in [3.05, 3.63) is 0 Å². The molecule has 0 aromatic carbocycles. The Bertz CT molecular complexity index is 313. The topological polar surface area (TPSA) is 61.8 Å². The molecule has 104 valence electrons. The highest BCUT2D eigenvalue weighted by molar-refractivity contribution is 5.83. The third kappa shape index (κ3) is 3.70. The summed E-state index contributed by atoms with van der Waals surface area (Å²) in [6.07, 6.45) is 0.345. The average molecular weight is 258 g/mol. The number of hydrogen-bond donors (Lipinski definition) is 0. The summed E-state index contributed by atoms with van der Waals surface area (Å²) in [4.78, 5) is 23.4. The van der Waals surface area contributed by atoms with Gasteiger partial charge in [-0.1, -0.05) is 6.92 Å². The van der Waals surface area contributed by atoms with Crippen LogP contribution in [-0.4, -0.2) is 37.4 Å². The number of carbonyl (C=O) groups is 2. The van der Waals surface area contributed by atoms with E-state index in [1.54, 1.807) is 6.92 Å². The van der Waals surface area contributed by atoms with Gasteiger partial charge in [0.05, 0.1) is 24.7 Å². The van der Waals surface area contributed by atoms with Gasteiger partial charge in [-0.3, -0.25) is 4.79 Å². The van der Waals surface area contributed by atoms with E-state index in [9.17, 15) is 9.59 Å². The fraction of sp³-hybridized carbons (Fsp3) is 0.846. The van der Waals surface area contributed by atoms with Crippen LogP contribution in [0.5, 0.6) is 0 Å². The molecule has 1 aliphatic heterocycles. The fourth-order valence-corrected chi connectivity index (χ4v) is 1.51. The molecular formula is C13H22O5. The number of ether oxygens (including phenoxy) is 3. The SMILES string of the molecule is CCC(C)(COC(C)C)C(=O)OC1CCOC1=O. The molecule has 0 radical (unpaired) electrons. The van der Waals surface area contributed by atoms with Crippen molar-refractivity contribution in [2.75, 3.05) is 13.2 Å². The molecule has 0 N–H and O–H groups in total. The lowest BCUT2D eigenvalue weighted by atomic mass is 9.88. The highest BCUT2D eigenvalue weighted by Crippen LogP contribution is 2.26. The molecule has 1 heterocycles. The van der Waals surface area contributed by atoms with Crippen LogP contribution in [0.1, 0.15) is 40.5 Å². The second kappa shape index (κ2) is 6.18. The summed E-state index contributed by atoms with van der Waals surface area (Å²) < 4.78 is 15.5. The first-order valence-electron chi connectivity index (χ1n) is 6.38. The van der Waals surface area contributed by atoms with Crippen molar-refractivity contribution in [3.8, 4) is 0 Å². The number of carbonyl (C=O) groups excluding carboxylic acids is 2. The quantitative estimate of drug-likeness (QED) is 0.678. The largest absolute Gasteiger partial charge is 0.463 e. The highest BCUT2D eigenvalue weighted by atomic mass is 16.6. The zero-order chi connectivity index (χ0) is 13.8. The number of cyclic esters (lactones) is 1. The minimum Gasteiger partial charge on any atom is -0.463 e. The number of esters is 2. The Kier molecular flexibility index (Phi) is 5.14. The smallest absolute Gasteiger partial charge is 0.347 e. The normalized spacial score (nSPS) is 22.7. The fourth-order valence-electron chi connectivity index (χ4n) is 1.51. The molecule has 1 saturated heterocycles. The molecule has 0 saturated carbocycles. The zero-order valence-corrected chi connectivity index (χ0v) is 11.5. The average Bonchev–Trinajstić information content (AvgIpc) is 2.72. The third-order valence-corrected chi connectivity index (χ3v) is 3.14. The summed E-state index contributed by atoms with van der Waals surface area (Å²) in [5.74, 6) is -0.846. The van der Waals surface area contributed by atoms with Gasteiger partial charge in [0.15, 0.2) is 0 Å². The van der Waals surface area contributed by atoms with Gasteiger partial charge in [0.2, 0.25) is 6.10 Å². The number of rotatable bonds is 6. The molecule has 0 aliphatic carbocycles. The molecule has 1 fully saturated rings. The molecule has 0 spiro atoms. The van der Waals surface area contributed by atoms with Crippen molar-refractivity contribution in [1.29, 1.82) is 0 Å². The predicted octanol–water partition coefficient (Wildman–Crippen LogP) is 1.69. The molecule has 2 atom stereocenters. The van der Waals surface area contributed by atoms with Crippen LogP contribution in [0.3, 0.4) is 0 Å². The van der Waals surface area contributed by atoms with Crippen molar-refractivity contribution in [2.45, 2.75) is 52.7 Å². The summed E-state index contributed by atoms with van der Waals surface area (Å²) in [5, 5.41) is 0. The van der Waals surface area contributed by atoms with Crippen molar-refractivity contribution < 1.29 is 23.8 Å². The Labute approximate surface area is 108 Å². The Morgan fingerprint density at radius 2 is 2.22 bits per heavy atom. The van der Waals surface area contributed by atoms with E-state index in [1.165, 1.54) is 0 Å². The van der Waals surface area contributed by atoms with Gasteiger partial charge in [0, 0.05) is 6.42 Å². The summed E-state index contributed by atoms with van der Waals surface area (Å²) in [5.41, 5.74) is -0.715. The minimum absolute atomic E-state index is 0.0557. The molecule has 0 bridgehead atoms. The summed E-state index contributed by atoms with van der Waals surface area (Å²) in [6.45, 7) is 8.13. The lowest BCUT2D eigenvalue weighted by Gasteiger charge is -2.27. The molecule has 1 aliphatic rings. The molecule has 0 amide bonds. The Hall–Kier alpha value is -1.10. The summed E-state index contributed by atoms with van der Waals surface area (Å²) in [6, 6.07) is 0. The number of hydrogen-bond acceptors (Lipinski definition) is 5. The second-order valence-corrected chi connectivity index (χ2v) is 5.12. The lowest BCUT2D eigenvalue weighted by molar-refractivity contribution is -0.171. The van der Waals surface area contributed by atoms with Crippen LogP contribution in [0.4, 0.5) is 0 Å². The maximum atomic E-state index is 12.1. The predicted molar refractivity (Wildman–Crippen MR) is 64.9 cm³/mol. The molecule has 18 heavy (non-hydrogen) atoms. The first kappa shape index (κ1) is 15.0.